The Morgan fingerprint density at radius 2 is 1.62 bits per heavy atom. The molecule has 0 aliphatic heterocycles. The van der Waals surface area contributed by atoms with Gasteiger partial charge in [0, 0.05) is 23.4 Å². The topological polar surface area (TPSA) is 93.7 Å². The first-order chi connectivity index (χ1) is 16.0. The number of para-hydroxylation sites is 1. The van der Waals surface area contributed by atoms with Crippen LogP contribution >= 0.6 is 0 Å². The summed E-state index contributed by atoms with van der Waals surface area (Å²) in [4.78, 5) is 12.3. The third-order valence-electron chi connectivity index (χ3n) is 4.79. The molecule has 2 N–H and O–H groups in total. The Hall–Kier alpha value is -3.73. The fourth-order valence-electron chi connectivity index (χ4n) is 3.13. The molecule has 0 fully saturated rings. The minimum absolute atomic E-state index is 0.135. The zero-order valence-electron chi connectivity index (χ0n) is 18.1. The highest BCUT2D eigenvalue weighted by atomic mass is 32.2. The molecule has 3 rings (SSSR count). The average Bonchev–Trinajstić information content (AvgIpc) is 2.81. The van der Waals surface area contributed by atoms with Crippen LogP contribution in [0.1, 0.15) is 21.5 Å². The number of methoxy groups -OCH3 is 2. The van der Waals surface area contributed by atoms with Crippen molar-refractivity contribution in [3.05, 3.63) is 83.4 Å². The van der Waals surface area contributed by atoms with Gasteiger partial charge in [0.1, 0.15) is 0 Å². The Kier molecular flexibility index (Phi) is 7.35. The quantitative estimate of drug-likeness (QED) is 0.483. The van der Waals surface area contributed by atoms with Crippen molar-refractivity contribution in [2.24, 2.45) is 0 Å². The minimum atomic E-state index is -4.61. The van der Waals surface area contributed by atoms with Crippen molar-refractivity contribution >= 4 is 21.6 Å². The summed E-state index contributed by atoms with van der Waals surface area (Å²) >= 11 is 0. The lowest BCUT2D eigenvalue weighted by Crippen LogP contribution is -2.23. The number of ether oxygens (including phenoxy) is 2. The van der Waals surface area contributed by atoms with Crippen molar-refractivity contribution in [3.8, 4) is 11.5 Å². The fourth-order valence-corrected chi connectivity index (χ4v) is 4.18. The number of halogens is 3. The van der Waals surface area contributed by atoms with E-state index in [9.17, 15) is 26.4 Å². The van der Waals surface area contributed by atoms with E-state index in [2.05, 4.69) is 10.0 Å². The molecule has 0 heterocycles. The van der Waals surface area contributed by atoms with Gasteiger partial charge >= 0.3 is 6.18 Å². The monoisotopic (exact) mass is 494 g/mol. The van der Waals surface area contributed by atoms with Crippen LogP contribution < -0.4 is 19.5 Å². The highest BCUT2D eigenvalue weighted by Crippen LogP contribution is 2.32. The summed E-state index contributed by atoms with van der Waals surface area (Å²) in [5, 5.41) is 2.71. The van der Waals surface area contributed by atoms with E-state index < -0.39 is 27.7 Å². The van der Waals surface area contributed by atoms with E-state index in [1.54, 1.807) is 18.2 Å². The first-order valence-electron chi connectivity index (χ1n) is 9.83. The van der Waals surface area contributed by atoms with Gasteiger partial charge in [0.25, 0.3) is 15.9 Å². The Balaban J connectivity index is 1.70. The van der Waals surface area contributed by atoms with Crippen LogP contribution in [0.25, 0.3) is 0 Å². The maximum atomic E-state index is 12.9. The van der Waals surface area contributed by atoms with E-state index in [0.717, 1.165) is 12.1 Å². The smallest absolute Gasteiger partial charge is 0.416 e. The second-order valence-electron chi connectivity index (χ2n) is 7.04. The standard InChI is InChI=1S/C23H21F3N2O5S/c1-32-20-8-3-5-16(21(20)33-2)14-27-22(29)15-9-11-19(12-10-15)34(30,31)28-18-7-4-6-17(13-18)23(24,25)26/h3-13,28H,14H2,1-2H3,(H,27,29). The number of carbonyl (C=O) groups is 1. The molecule has 0 spiro atoms. The zero-order valence-corrected chi connectivity index (χ0v) is 19.0. The Morgan fingerprint density at radius 3 is 2.24 bits per heavy atom. The van der Waals surface area contributed by atoms with Gasteiger partial charge in [0.15, 0.2) is 11.5 Å². The number of amides is 1. The Bertz CT molecular complexity index is 1280. The molecule has 0 aliphatic carbocycles. The predicted octanol–water partition coefficient (Wildman–Crippen LogP) is 4.45. The van der Waals surface area contributed by atoms with Gasteiger partial charge in [-0.1, -0.05) is 18.2 Å². The van der Waals surface area contributed by atoms with Crippen molar-refractivity contribution in [3.63, 3.8) is 0 Å². The fraction of sp³-hybridized carbons (Fsp3) is 0.174. The van der Waals surface area contributed by atoms with Gasteiger partial charge in [-0.05, 0) is 48.5 Å². The minimum Gasteiger partial charge on any atom is -0.493 e. The van der Waals surface area contributed by atoms with Gasteiger partial charge in [-0.25, -0.2) is 8.42 Å². The summed E-state index contributed by atoms with van der Waals surface area (Å²) in [6, 6.07) is 14.1. The highest BCUT2D eigenvalue weighted by molar-refractivity contribution is 7.92. The van der Waals surface area contributed by atoms with Gasteiger partial charge in [-0.2, -0.15) is 13.2 Å². The second-order valence-corrected chi connectivity index (χ2v) is 8.73. The van der Waals surface area contributed by atoms with Crippen LogP contribution in [0.2, 0.25) is 0 Å². The van der Waals surface area contributed by atoms with Crippen molar-refractivity contribution < 1.29 is 35.9 Å². The van der Waals surface area contributed by atoms with Crippen molar-refractivity contribution in [1.82, 2.24) is 5.32 Å². The summed E-state index contributed by atoms with van der Waals surface area (Å²) in [6.07, 6.45) is -4.61. The predicted molar refractivity (Wildman–Crippen MR) is 119 cm³/mol. The molecule has 0 aromatic heterocycles. The molecule has 34 heavy (non-hydrogen) atoms. The molecule has 0 radical (unpaired) electrons. The van der Waals surface area contributed by atoms with Crippen LogP contribution in [0.5, 0.6) is 11.5 Å². The van der Waals surface area contributed by atoms with E-state index in [-0.39, 0.29) is 22.7 Å². The van der Waals surface area contributed by atoms with E-state index in [1.165, 1.54) is 44.6 Å². The molecule has 180 valence electrons. The van der Waals surface area contributed by atoms with Crippen LogP contribution in [0.4, 0.5) is 18.9 Å². The molecular formula is C23H21F3N2O5S. The molecule has 1 amide bonds. The maximum absolute atomic E-state index is 12.9. The summed E-state index contributed by atoms with van der Waals surface area (Å²) in [5.74, 6) is 0.532. The second kappa shape index (κ2) is 10.0. The molecule has 0 bridgehead atoms. The lowest BCUT2D eigenvalue weighted by molar-refractivity contribution is -0.137. The van der Waals surface area contributed by atoms with Crippen LogP contribution in [0.15, 0.2) is 71.6 Å². The summed E-state index contributed by atoms with van der Waals surface area (Å²) in [6.45, 7) is 0.135. The van der Waals surface area contributed by atoms with Crippen molar-refractivity contribution in [2.75, 3.05) is 18.9 Å². The summed E-state index contributed by atoms with van der Waals surface area (Å²) in [7, 11) is -1.19. The lowest BCUT2D eigenvalue weighted by Gasteiger charge is -2.13. The molecule has 3 aromatic rings. The number of anilines is 1. The molecule has 0 atom stereocenters. The number of rotatable bonds is 8. The first-order valence-corrected chi connectivity index (χ1v) is 11.3. The van der Waals surface area contributed by atoms with E-state index in [1.807, 2.05) is 0 Å². The number of nitrogens with one attached hydrogen (secondary N) is 2. The van der Waals surface area contributed by atoms with E-state index in [4.69, 9.17) is 9.47 Å². The Labute approximate surface area is 194 Å². The molecule has 0 unspecified atom stereocenters. The maximum Gasteiger partial charge on any atom is 0.416 e. The van der Waals surface area contributed by atoms with Gasteiger partial charge in [-0.15, -0.1) is 0 Å². The molecule has 7 nitrogen and oxygen atoms in total. The SMILES string of the molecule is COc1cccc(CNC(=O)c2ccc(S(=O)(=O)Nc3cccc(C(F)(F)F)c3)cc2)c1OC. The molecule has 3 aromatic carbocycles. The summed E-state index contributed by atoms with van der Waals surface area (Å²) < 4.78 is 76.4. The molecule has 0 saturated carbocycles. The first kappa shape index (κ1) is 24.9. The number of hydrogen-bond acceptors (Lipinski definition) is 5. The Morgan fingerprint density at radius 1 is 0.941 bits per heavy atom. The lowest BCUT2D eigenvalue weighted by atomic mass is 10.1. The average molecular weight is 494 g/mol. The van der Waals surface area contributed by atoms with Crippen LogP contribution in [0.3, 0.4) is 0 Å². The number of alkyl halides is 3. The van der Waals surface area contributed by atoms with E-state index >= 15 is 0 Å². The van der Waals surface area contributed by atoms with Crippen molar-refractivity contribution in [2.45, 2.75) is 17.6 Å². The number of benzene rings is 3. The van der Waals surface area contributed by atoms with Gasteiger partial charge < -0.3 is 14.8 Å². The third-order valence-corrected chi connectivity index (χ3v) is 6.19. The zero-order chi connectivity index (χ0) is 24.9. The van der Waals surface area contributed by atoms with E-state index in [0.29, 0.717) is 23.1 Å². The molecule has 0 aliphatic rings. The summed E-state index contributed by atoms with van der Waals surface area (Å²) in [5.41, 5.74) is -0.337. The third kappa shape index (κ3) is 5.79. The highest BCUT2D eigenvalue weighted by Gasteiger charge is 2.30. The largest absolute Gasteiger partial charge is 0.493 e. The molecule has 0 saturated heterocycles. The van der Waals surface area contributed by atoms with Crippen LogP contribution in [-0.2, 0) is 22.7 Å². The molecular weight excluding hydrogens is 473 g/mol. The van der Waals surface area contributed by atoms with Crippen LogP contribution in [0, 0.1) is 0 Å². The van der Waals surface area contributed by atoms with Gasteiger partial charge in [-0.3, -0.25) is 9.52 Å². The number of carbonyl (C=O) groups excluding carboxylic acids is 1. The van der Waals surface area contributed by atoms with Crippen LogP contribution in [-0.4, -0.2) is 28.5 Å². The number of hydrogen-bond donors (Lipinski definition) is 2. The van der Waals surface area contributed by atoms with Gasteiger partial charge in [0.2, 0.25) is 0 Å². The number of sulfonamides is 1. The van der Waals surface area contributed by atoms with Crippen molar-refractivity contribution in [1.29, 1.82) is 0 Å². The normalized spacial score (nSPS) is 11.6. The van der Waals surface area contributed by atoms with Gasteiger partial charge in [0.05, 0.1) is 24.7 Å². The molecule has 11 heteroatoms.